The van der Waals surface area contributed by atoms with Gasteiger partial charge in [0.25, 0.3) is 5.56 Å². The van der Waals surface area contributed by atoms with Crippen molar-refractivity contribution < 1.29 is 0 Å². The lowest BCUT2D eigenvalue weighted by molar-refractivity contribution is 0.218. The van der Waals surface area contributed by atoms with Gasteiger partial charge in [-0.2, -0.15) is 0 Å². The van der Waals surface area contributed by atoms with E-state index in [1.807, 2.05) is 0 Å². The summed E-state index contributed by atoms with van der Waals surface area (Å²) in [5.74, 6) is 0.679. The summed E-state index contributed by atoms with van der Waals surface area (Å²) in [5, 5.41) is 0.868. The molecule has 2 aromatic heterocycles. The Labute approximate surface area is 158 Å². The molecule has 26 heavy (non-hydrogen) atoms. The molecule has 0 N–H and O–H groups in total. The summed E-state index contributed by atoms with van der Waals surface area (Å²) in [5.41, 5.74) is 4.06. The van der Waals surface area contributed by atoms with Gasteiger partial charge in [0.2, 0.25) is 0 Å². The van der Waals surface area contributed by atoms with Crippen molar-refractivity contribution >= 4 is 21.6 Å². The van der Waals surface area contributed by atoms with Gasteiger partial charge in [0, 0.05) is 4.88 Å². The molecule has 1 aromatic carbocycles. The van der Waals surface area contributed by atoms with Gasteiger partial charge in [0.05, 0.1) is 18.3 Å². The summed E-state index contributed by atoms with van der Waals surface area (Å²) < 4.78 is 1.76. The zero-order chi connectivity index (χ0) is 18.5. The number of aryl methyl sites for hydroxylation is 2. The van der Waals surface area contributed by atoms with Crippen molar-refractivity contribution in [3.05, 3.63) is 62.5 Å². The van der Waals surface area contributed by atoms with Gasteiger partial charge >= 0.3 is 0 Å². The topological polar surface area (TPSA) is 34.9 Å². The number of aromatic nitrogens is 2. The predicted molar refractivity (Wildman–Crippen MR) is 109 cm³/mol. The van der Waals surface area contributed by atoms with Crippen LogP contribution in [0.3, 0.4) is 0 Å². The van der Waals surface area contributed by atoms with Gasteiger partial charge in [0.1, 0.15) is 4.83 Å². The number of rotatable bonds is 2. The zero-order valence-electron chi connectivity index (χ0n) is 16.0. The lowest BCUT2D eigenvalue weighted by Crippen LogP contribution is -2.27. The van der Waals surface area contributed by atoms with Crippen LogP contribution in [0.4, 0.5) is 0 Å². The summed E-state index contributed by atoms with van der Waals surface area (Å²) in [6.45, 7) is 9.62. The fourth-order valence-electron chi connectivity index (χ4n) is 3.94. The van der Waals surface area contributed by atoms with Crippen LogP contribution in [0.5, 0.6) is 0 Å². The molecule has 3 aromatic rings. The molecule has 4 heteroatoms. The predicted octanol–water partition coefficient (Wildman–Crippen LogP) is 4.97. The summed E-state index contributed by atoms with van der Waals surface area (Å²) >= 11 is 1.73. The van der Waals surface area contributed by atoms with Crippen LogP contribution in [0.2, 0.25) is 0 Å². The summed E-state index contributed by atoms with van der Waals surface area (Å²) in [6.07, 6.45) is 4.96. The van der Waals surface area contributed by atoms with Crippen LogP contribution in [0.1, 0.15) is 48.8 Å². The van der Waals surface area contributed by atoms with E-state index in [2.05, 4.69) is 56.9 Å². The Bertz CT molecular complexity index is 1010. The molecule has 1 unspecified atom stereocenters. The molecule has 0 saturated heterocycles. The molecular weight excluding hydrogens is 340 g/mol. The van der Waals surface area contributed by atoms with Gasteiger partial charge in [0.15, 0.2) is 0 Å². The number of hydrogen-bond donors (Lipinski definition) is 0. The van der Waals surface area contributed by atoms with Gasteiger partial charge < -0.3 is 0 Å². The minimum Gasteiger partial charge on any atom is -0.294 e. The highest BCUT2D eigenvalue weighted by Crippen LogP contribution is 2.41. The Morgan fingerprint density at radius 3 is 2.65 bits per heavy atom. The number of hydrogen-bond acceptors (Lipinski definition) is 3. The van der Waals surface area contributed by atoms with E-state index >= 15 is 0 Å². The lowest BCUT2D eigenvalue weighted by Gasteiger charge is -2.33. The standard InChI is InChI=1S/C22H26N2OS/c1-14-5-7-15(8-6-14)12-24-13-23-20-19(21(24)25)17-10-9-16(22(2,3)4)11-18(17)26-20/h5-8,13,16H,9-12H2,1-4H3. The summed E-state index contributed by atoms with van der Waals surface area (Å²) in [7, 11) is 0. The van der Waals surface area contributed by atoms with Crippen LogP contribution in [0.15, 0.2) is 35.4 Å². The van der Waals surface area contributed by atoms with Crippen LogP contribution in [0.25, 0.3) is 10.2 Å². The van der Waals surface area contributed by atoms with E-state index in [-0.39, 0.29) is 5.56 Å². The molecule has 0 radical (unpaired) electrons. The Morgan fingerprint density at radius 2 is 1.96 bits per heavy atom. The molecule has 1 aliphatic carbocycles. The van der Waals surface area contributed by atoms with Gasteiger partial charge in [-0.1, -0.05) is 50.6 Å². The molecule has 136 valence electrons. The molecule has 1 aliphatic rings. The van der Waals surface area contributed by atoms with Gasteiger partial charge in [-0.3, -0.25) is 9.36 Å². The SMILES string of the molecule is Cc1ccc(Cn2cnc3sc4c(c3c2=O)CCC(C(C)(C)C)C4)cc1. The number of nitrogens with zero attached hydrogens (tertiary/aromatic N) is 2. The minimum absolute atomic E-state index is 0.113. The third-order valence-corrected chi connectivity index (χ3v) is 6.90. The van der Waals surface area contributed by atoms with E-state index in [4.69, 9.17) is 0 Å². The van der Waals surface area contributed by atoms with Gasteiger partial charge in [-0.25, -0.2) is 4.98 Å². The quantitative estimate of drug-likeness (QED) is 0.642. The fraction of sp³-hybridized carbons (Fsp3) is 0.455. The Hall–Kier alpha value is -1.94. The molecule has 0 fully saturated rings. The maximum atomic E-state index is 13.1. The first-order valence-corrected chi connectivity index (χ1v) is 10.2. The van der Waals surface area contributed by atoms with E-state index in [0.29, 0.717) is 17.9 Å². The average molecular weight is 367 g/mol. The van der Waals surface area contributed by atoms with Gasteiger partial charge in [-0.15, -0.1) is 11.3 Å². The van der Waals surface area contributed by atoms with Crippen molar-refractivity contribution in [1.82, 2.24) is 9.55 Å². The Kier molecular flexibility index (Phi) is 4.26. The number of fused-ring (bicyclic) bond motifs is 3. The largest absolute Gasteiger partial charge is 0.294 e. The number of benzene rings is 1. The molecule has 0 amide bonds. The molecule has 1 atom stereocenters. The summed E-state index contributed by atoms with van der Waals surface area (Å²) in [4.78, 5) is 20.1. The van der Waals surface area contributed by atoms with E-state index < -0.39 is 0 Å². The highest BCUT2D eigenvalue weighted by atomic mass is 32.1. The van der Waals surface area contributed by atoms with Crippen LogP contribution in [-0.2, 0) is 19.4 Å². The second-order valence-corrected chi connectivity index (χ2v) is 9.74. The minimum atomic E-state index is 0.113. The van der Waals surface area contributed by atoms with Crippen LogP contribution in [-0.4, -0.2) is 9.55 Å². The van der Waals surface area contributed by atoms with Crippen molar-refractivity contribution in [2.45, 2.75) is 53.5 Å². The molecule has 0 bridgehead atoms. The molecule has 3 nitrogen and oxygen atoms in total. The highest BCUT2D eigenvalue weighted by molar-refractivity contribution is 7.18. The van der Waals surface area contributed by atoms with E-state index in [0.717, 1.165) is 35.0 Å². The average Bonchev–Trinajstić information content (AvgIpc) is 2.97. The third-order valence-electron chi connectivity index (χ3n) is 5.73. The first-order chi connectivity index (χ1) is 12.3. The molecule has 0 aliphatic heterocycles. The number of thiophene rings is 1. The van der Waals surface area contributed by atoms with Crippen molar-refractivity contribution in [3.63, 3.8) is 0 Å². The van der Waals surface area contributed by atoms with Crippen molar-refractivity contribution in [3.8, 4) is 0 Å². The molecule has 2 heterocycles. The highest BCUT2D eigenvalue weighted by Gasteiger charge is 2.31. The van der Waals surface area contributed by atoms with Crippen molar-refractivity contribution in [2.24, 2.45) is 11.3 Å². The smallest absolute Gasteiger partial charge is 0.262 e. The molecule has 0 saturated carbocycles. The van der Waals surface area contributed by atoms with E-state index in [1.54, 1.807) is 22.2 Å². The van der Waals surface area contributed by atoms with Crippen molar-refractivity contribution in [1.29, 1.82) is 0 Å². The first kappa shape index (κ1) is 17.5. The Morgan fingerprint density at radius 1 is 1.23 bits per heavy atom. The lowest BCUT2D eigenvalue weighted by atomic mass is 9.72. The normalized spacial score (nSPS) is 17.5. The maximum absolute atomic E-state index is 13.1. The van der Waals surface area contributed by atoms with Crippen LogP contribution >= 0.6 is 11.3 Å². The first-order valence-electron chi connectivity index (χ1n) is 9.38. The third kappa shape index (κ3) is 3.11. The Balaban J connectivity index is 1.72. The molecule has 4 rings (SSSR count). The maximum Gasteiger partial charge on any atom is 0.262 e. The van der Waals surface area contributed by atoms with Crippen LogP contribution in [0, 0.1) is 18.3 Å². The zero-order valence-corrected chi connectivity index (χ0v) is 16.8. The fourth-order valence-corrected chi connectivity index (χ4v) is 5.20. The van der Waals surface area contributed by atoms with Crippen LogP contribution < -0.4 is 5.56 Å². The second kappa shape index (κ2) is 6.34. The molecular formula is C22H26N2OS. The van der Waals surface area contributed by atoms with Gasteiger partial charge in [-0.05, 0) is 48.6 Å². The second-order valence-electron chi connectivity index (χ2n) is 8.65. The summed E-state index contributed by atoms with van der Waals surface area (Å²) in [6, 6.07) is 8.35. The monoisotopic (exact) mass is 366 g/mol. The van der Waals surface area contributed by atoms with Crippen molar-refractivity contribution in [2.75, 3.05) is 0 Å². The van der Waals surface area contributed by atoms with E-state index in [9.17, 15) is 4.79 Å². The molecule has 0 spiro atoms. The van der Waals surface area contributed by atoms with E-state index in [1.165, 1.54) is 16.0 Å².